The molecule has 0 saturated carbocycles. The minimum absolute atomic E-state index is 0.173. The molecule has 0 unspecified atom stereocenters. The van der Waals surface area contributed by atoms with Gasteiger partial charge in [-0.15, -0.1) is 0 Å². The zero-order valence-corrected chi connectivity index (χ0v) is 17.7. The van der Waals surface area contributed by atoms with Crippen molar-refractivity contribution in [2.75, 3.05) is 24.9 Å². The van der Waals surface area contributed by atoms with Gasteiger partial charge in [-0.1, -0.05) is 62.4 Å². The molecule has 0 bridgehead atoms. The van der Waals surface area contributed by atoms with Crippen LogP contribution >= 0.6 is 0 Å². The molecule has 1 N–H and O–H groups in total. The number of para-hydroxylation sites is 1. The van der Waals surface area contributed by atoms with Crippen LogP contribution in [0.25, 0.3) is 0 Å². The molecule has 0 saturated heterocycles. The smallest absolute Gasteiger partial charge is 0.304 e. The number of hydrogen-bond donors (Lipinski definition) is 1. The number of benzene rings is 2. The van der Waals surface area contributed by atoms with Crippen LogP contribution in [-0.4, -0.2) is 39.3 Å². The van der Waals surface area contributed by atoms with E-state index in [0.717, 1.165) is 20.6 Å². The predicted molar refractivity (Wildman–Crippen MR) is 113 cm³/mol. The van der Waals surface area contributed by atoms with Gasteiger partial charge in [0.25, 0.3) is 0 Å². The van der Waals surface area contributed by atoms with Crippen molar-refractivity contribution in [2.24, 2.45) is 5.92 Å². The zero-order chi connectivity index (χ0) is 20.7. The summed E-state index contributed by atoms with van der Waals surface area (Å²) in [7, 11) is -0.899. The average Bonchev–Trinajstić information content (AvgIpc) is 2.66. The molecule has 7 heteroatoms. The molecule has 2 aromatic rings. The number of anilines is 1. The SMILES string of the molecule is CC(C)C[C@H](NC(=O)CN(c1ccccc1)S(=O)(=O)N(C)C)c1ccccc1. The summed E-state index contributed by atoms with van der Waals surface area (Å²) in [6, 6.07) is 18.2. The predicted octanol–water partition coefficient (Wildman–Crippen LogP) is 3.20. The first-order valence-electron chi connectivity index (χ1n) is 9.31. The lowest BCUT2D eigenvalue weighted by molar-refractivity contribution is -0.120. The summed E-state index contributed by atoms with van der Waals surface area (Å²) in [6.45, 7) is 3.90. The highest BCUT2D eigenvalue weighted by atomic mass is 32.2. The fraction of sp³-hybridized carbons (Fsp3) is 0.381. The summed E-state index contributed by atoms with van der Waals surface area (Å²) >= 11 is 0. The van der Waals surface area contributed by atoms with Crippen LogP contribution in [0.2, 0.25) is 0 Å². The summed E-state index contributed by atoms with van der Waals surface area (Å²) in [5.74, 6) is 0.0324. The molecule has 6 nitrogen and oxygen atoms in total. The average molecular weight is 404 g/mol. The number of carbonyl (C=O) groups excluding carboxylic acids is 1. The highest BCUT2D eigenvalue weighted by Gasteiger charge is 2.28. The first-order chi connectivity index (χ1) is 13.2. The molecule has 1 atom stereocenters. The lowest BCUT2D eigenvalue weighted by Gasteiger charge is -2.28. The standard InChI is InChI=1S/C21H29N3O3S/c1-17(2)15-20(18-11-7-5-8-12-18)22-21(25)16-24(28(26,27)23(3)4)19-13-9-6-10-14-19/h5-14,17,20H,15-16H2,1-4H3,(H,22,25)/t20-/m0/s1. The maximum Gasteiger partial charge on any atom is 0.304 e. The van der Waals surface area contributed by atoms with Gasteiger partial charge in [0.1, 0.15) is 6.54 Å². The fourth-order valence-corrected chi connectivity index (χ4v) is 3.97. The molecule has 0 aliphatic heterocycles. The summed E-state index contributed by atoms with van der Waals surface area (Å²) in [5, 5.41) is 3.01. The van der Waals surface area contributed by atoms with E-state index in [4.69, 9.17) is 0 Å². The first kappa shape index (κ1) is 21.9. The molecular weight excluding hydrogens is 374 g/mol. The van der Waals surface area contributed by atoms with E-state index in [1.165, 1.54) is 14.1 Å². The summed E-state index contributed by atoms with van der Waals surface area (Å²) in [6.07, 6.45) is 0.765. The molecule has 1 amide bonds. The van der Waals surface area contributed by atoms with Crippen molar-refractivity contribution in [3.8, 4) is 0 Å². The van der Waals surface area contributed by atoms with Gasteiger partial charge in [0.15, 0.2) is 0 Å². The lowest BCUT2D eigenvalue weighted by atomic mass is 9.97. The molecule has 152 valence electrons. The number of rotatable bonds is 9. The van der Waals surface area contributed by atoms with E-state index in [1.54, 1.807) is 30.3 Å². The van der Waals surface area contributed by atoms with Gasteiger partial charge in [0, 0.05) is 14.1 Å². The summed E-state index contributed by atoms with van der Waals surface area (Å²) < 4.78 is 27.8. The highest BCUT2D eigenvalue weighted by molar-refractivity contribution is 7.90. The van der Waals surface area contributed by atoms with E-state index in [1.807, 2.05) is 30.3 Å². The van der Waals surface area contributed by atoms with Crippen molar-refractivity contribution in [1.82, 2.24) is 9.62 Å². The Bertz CT molecular complexity index is 853. The van der Waals surface area contributed by atoms with Crippen molar-refractivity contribution in [3.05, 3.63) is 66.2 Å². The number of nitrogens with zero attached hydrogens (tertiary/aromatic N) is 2. The maximum absolute atomic E-state index is 12.8. The second-order valence-electron chi connectivity index (χ2n) is 7.29. The monoisotopic (exact) mass is 403 g/mol. The van der Waals surface area contributed by atoms with Gasteiger partial charge in [-0.25, -0.2) is 4.31 Å². The normalized spacial score (nSPS) is 12.8. The van der Waals surface area contributed by atoms with Crippen molar-refractivity contribution < 1.29 is 13.2 Å². The van der Waals surface area contributed by atoms with Crippen LogP contribution in [-0.2, 0) is 15.0 Å². The minimum Gasteiger partial charge on any atom is -0.348 e. The first-order valence-corrected chi connectivity index (χ1v) is 10.7. The third kappa shape index (κ3) is 5.81. The topological polar surface area (TPSA) is 69.7 Å². The van der Waals surface area contributed by atoms with Crippen LogP contribution in [0.4, 0.5) is 5.69 Å². The van der Waals surface area contributed by atoms with Gasteiger partial charge in [0.05, 0.1) is 11.7 Å². The largest absolute Gasteiger partial charge is 0.348 e. The number of hydrogen-bond acceptors (Lipinski definition) is 3. The van der Waals surface area contributed by atoms with Gasteiger partial charge in [-0.05, 0) is 30.0 Å². The second-order valence-corrected chi connectivity index (χ2v) is 9.36. The van der Waals surface area contributed by atoms with E-state index >= 15 is 0 Å². The van der Waals surface area contributed by atoms with Crippen LogP contribution in [0.3, 0.4) is 0 Å². The van der Waals surface area contributed by atoms with E-state index in [0.29, 0.717) is 11.6 Å². The third-order valence-electron chi connectivity index (χ3n) is 4.32. The van der Waals surface area contributed by atoms with Gasteiger partial charge in [-0.3, -0.25) is 4.79 Å². The molecule has 0 fully saturated rings. The molecule has 2 rings (SSSR count). The Balaban J connectivity index is 2.24. The quantitative estimate of drug-likeness (QED) is 0.699. The maximum atomic E-state index is 12.8. The van der Waals surface area contributed by atoms with Crippen molar-refractivity contribution in [2.45, 2.75) is 26.3 Å². The van der Waals surface area contributed by atoms with Crippen LogP contribution in [0.5, 0.6) is 0 Å². The molecule has 0 aliphatic rings. The molecule has 28 heavy (non-hydrogen) atoms. The Hall–Kier alpha value is -2.38. The molecule has 0 aromatic heterocycles. The van der Waals surface area contributed by atoms with Crippen LogP contribution in [0, 0.1) is 5.92 Å². The van der Waals surface area contributed by atoms with E-state index in [-0.39, 0.29) is 18.5 Å². The van der Waals surface area contributed by atoms with Crippen LogP contribution in [0.15, 0.2) is 60.7 Å². The van der Waals surface area contributed by atoms with E-state index in [9.17, 15) is 13.2 Å². The molecule has 0 heterocycles. The Kier molecular flexibility index (Phi) is 7.60. The Morgan fingerprint density at radius 1 is 0.964 bits per heavy atom. The minimum atomic E-state index is -3.80. The van der Waals surface area contributed by atoms with Gasteiger partial charge >= 0.3 is 10.2 Å². The molecule has 2 aromatic carbocycles. The molecule has 0 aliphatic carbocycles. The lowest BCUT2D eigenvalue weighted by Crippen LogP contribution is -2.46. The number of carbonyl (C=O) groups is 1. The van der Waals surface area contributed by atoms with Crippen LogP contribution in [0.1, 0.15) is 31.9 Å². The van der Waals surface area contributed by atoms with Crippen molar-refractivity contribution in [1.29, 1.82) is 0 Å². The second kappa shape index (κ2) is 9.71. The zero-order valence-electron chi connectivity index (χ0n) is 16.9. The van der Waals surface area contributed by atoms with Gasteiger partial charge in [-0.2, -0.15) is 12.7 Å². The van der Waals surface area contributed by atoms with Crippen molar-refractivity contribution >= 4 is 21.8 Å². The number of nitrogens with one attached hydrogen (secondary N) is 1. The van der Waals surface area contributed by atoms with Gasteiger partial charge in [0.2, 0.25) is 5.91 Å². The summed E-state index contributed by atoms with van der Waals surface area (Å²) in [4.78, 5) is 12.8. The summed E-state index contributed by atoms with van der Waals surface area (Å²) in [5.41, 5.74) is 1.46. The Morgan fingerprint density at radius 3 is 2.00 bits per heavy atom. The molecule has 0 radical (unpaired) electrons. The number of amides is 1. The molecular formula is C21H29N3O3S. The fourth-order valence-electron chi connectivity index (χ4n) is 2.90. The molecule has 0 spiro atoms. The Labute approximate surface area is 168 Å². The highest BCUT2D eigenvalue weighted by Crippen LogP contribution is 2.22. The van der Waals surface area contributed by atoms with Crippen LogP contribution < -0.4 is 9.62 Å². The van der Waals surface area contributed by atoms with E-state index in [2.05, 4.69) is 19.2 Å². The van der Waals surface area contributed by atoms with Gasteiger partial charge < -0.3 is 5.32 Å². The van der Waals surface area contributed by atoms with E-state index < -0.39 is 10.2 Å². The third-order valence-corrected chi connectivity index (χ3v) is 6.14. The van der Waals surface area contributed by atoms with Crippen molar-refractivity contribution in [3.63, 3.8) is 0 Å². The Morgan fingerprint density at radius 2 is 1.50 bits per heavy atom.